The summed E-state index contributed by atoms with van der Waals surface area (Å²) in [5.74, 6) is 0.0330. The number of hydrogen-bond acceptors (Lipinski definition) is 5. The quantitative estimate of drug-likeness (QED) is 0.272. The highest BCUT2D eigenvalue weighted by atomic mass is 16.5. The Morgan fingerprint density at radius 2 is 1.51 bits per heavy atom. The number of likely N-dealkylation sites (tertiary alicyclic amines) is 1. The van der Waals surface area contributed by atoms with Crippen molar-refractivity contribution < 1.29 is 23.9 Å². The van der Waals surface area contributed by atoms with Crippen LogP contribution >= 0.6 is 0 Å². The topological polar surface area (TPSA) is 84.0 Å². The van der Waals surface area contributed by atoms with Crippen molar-refractivity contribution in [2.24, 2.45) is 41.4 Å². The van der Waals surface area contributed by atoms with Gasteiger partial charge in [-0.05, 0) is 66.8 Å². The Bertz CT molecular complexity index is 1300. The first-order valence-corrected chi connectivity index (χ1v) is 13.1. The molecule has 2 saturated heterocycles. The standard InChI is InChI=1S/C30H28N2O5/c1-16(17-5-3-2-4-6-17)31-15-18(13-25(31)33)30(36)37-20-9-7-19(8-10-20)32-28(34)26-21-11-12-22(24-14-23(21)24)27(26)29(32)35/h2-12,16,18,21-24,26-27H,13-15H2,1H3/t16-,18-,21+,22+,23+,24+,26-,27+/m1/s1. The van der Waals surface area contributed by atoms with Crippen molar-refractivity contribution in [1.29, 1.82) is 0 Å². The van der Waals surface area contributed by atoms with Crippen LogP contribution in [0.1, 0.15) is 31.4 Å². The van der Waals surface area contributed by atoms with Gasteiger partial charge in [-0.25, -0.2) is 0 Å². The number of anilines is 1. The average molecular weight is 497 g/mol. The number of benzene rings is 2. The van der Waals surface area contributed by atoms with E-state index in [1.807, 2.05) is 37.3 Å². The first kappa shape index (κ1) is 22.5. The summed E-state index contributed by atoms with van der Waals surface area (Å²) in [5.41, 5.74) is 1.53. The Morgan fingerprint density at radius 3 is 2.14 bits per heavy atom. The molecule has 2 saturated carbocycles. The lowest BCUT2D eigenvalue weighted by atomic mass is 9.63. The van der Waals surface area contributed by atoms with Crippen LogP contribution in [0.25, 0.3) is 0 Å². The minimum atomic E-state index is -0.544. The van der Waals surface area contributed by atoms with Gasteiger partial charge in [0.1, 0.15) is 5.75 Å². The second-order valence-corrected chi connectivity index (χ2v) is 11.1. The molecular weight excluding hydrogens is 468 g/mol. The normalized spacial score (nSPS) is 34.0. The van der Waals surface area contributed by atoms with E-state index in [-0.39, 0.29) is 53.9 Å². The van der Waals surface area contributed by atoms with Crippen molar-refractivity contribution >= 4 is 29.4 Å². The molecule has 4 aliphatic carbocycles. The molecule has 0 radical (unpaired) electrons. The summed E-state index contributed by atoms with van der Waals surface area (Å²) >= 11 is 0. The van der Waals surface area contributed by atoms with Crippen molar-refractivity contribution in [2.45, 2.75) is 25.8 Å². The molecule has 7 heteroatoms. The zero-order chi connectivity index (χ0) is 25.4. The number of allylic oxidation sites excluding steroid dienone is 2. The third-order valence-corrected chi connectivity index (χ3v) is 9.22. The smallest absolute Gasteiger partial charge is 0.316 e. The van der Waals surface area contributed by atoms with Crippen molar-refractivity contribution in [2.75, 3.05) is 11.4 Å². The molecule has 188 valence electrons. The number of ether oxygens (including phenoxy) is 1. The van der Waals surface area contributed by atoms with Crippen LogP contribution in [-0.2, 0) is 19.2 Å². The lowest BCUT2D eigenvalue weighted by Crippen LogP contribution is -2.40. The summed E-state index contributed by atoms with van der Waals surface area (Å²) in [6.45, 7) is 2.27. The maximum atomic E-state index is 13.3. The van der Waals surface area contributed by atoms with Crippen LogP contribution in [0, 0.1) is 41.4 Å². The largest absolute Gasteiger partial charge is 0.426 e. The van der Waals surface area contributed by atoms with Gasteiger partial charge in [-0.1, -0.05) is 42.5 Å². The SMILES string of the molecule is C[C@H](c1ccccc1)N1C[C@H](C(=O)Oc2ccc(N3C(=O)[C@@H]4[C@H]5C=C[C@@H]([C@@H]6C[C@@H]56)[C@@H]4C3=O)cc2)CC1=O. The number of imide groups is 1. The van der Waals surface area contributed by atoms with Crippen LogP contribution in [0.5, 0.6) is 5.75 Å². The Kier molecular flexibility index (Phi) is 4.94. The third-order valence-electron chi connectivity index (χ3n) is 9.22. The van der Waals surface area contributed by atoms with Gasteiger partial charge in [-0.3, -0.25) is 24.1 Å². The Hall–Kier alpha value is -3.74. The zero-order valence-corrected chi connectivity index (χ0v) is 20.5. The molecule has 7 nitrogen and oxygen atoms in total. The number of rotatable bonds is 5. The van der Waals surface area contributed by atoms with Crippen molar-refractivity contribution in [1.82, 2.24) is 4.90 Å². The summed E-state index contributed by atoms with van der Waals surface area (Å²) in [6, 6.07) is 16.2. The summed E-state index contributed by atoms with van der Waals surface area (Å²) in [7, 11) is 0. The van der Waals surface area contributed by atoms with Gasteiger partial charge in [-0.2, -0.15) is 0 Å². The van der Waals surface area contributed by atoms with E-state index in [9.17, 15) is 19.2 Å². The van der Waals surface area contributed by atoms with E-state index in [1.54, 1.807) is 29.2 Å². The van der Waals surface area contributed by atoms with E-state index in [0.717, 1.165) is 12.0 Å². The fourth-order valence-electron chi connectivity index (χ4n) is 7.25. The molecule has 2 aromatic rings. The van der Waals surface area contributed by atoms with Crippen molar-refractivity contribution in [3.8, 4) is 5.75 Å². The molecule has 37 heavy (non-hydrogen) atoms. The number of carbonyl (C=O) groups excluding carboxylic acids is 4. The molecule has 0 aromatic heterocycles. The van der Waals surface area contributed by atoms with Gasteiger partial charge in [0.2, 0.25) is 17.7 Å². The lowest BCUT2D eigenvalue weighted by Gasteiger charge is -2.37. The van der Waals surface area contributed by atoms with E-state index in [4.69, 9.17) is 4.74 Å². The molecule has 3 amide bonds. The monoisotopic (exact) mass is 496 g/mol. The summed E-state index contributed by atoms with van der Waals surface area (Å²) in [4.78, 5) is 55.2. The first-order chi connectivity index (χ1) is 17.9. The van der Waals surface area contributed by atoms with E-state index in [1.165, 1.54) is 4.90 Å². The van der Waals surface area contributed by atoms with Crippen LogP contribution in [-0.4, -0.2) is 35.1 Å². The number of hydrogen-bond donors (Lipinski definition) is 0. The summed E-state index contributed by atoms with van der Waals surface area (Å²) < 4.78 is 5.59. The predicted octanol–water partition coefficient (Wildman–Crippen LogP) is 3.76. The molecule has 2 aromatic carbocycles. The molecule has 0 N–H and O–H groups in total. The fraction of sp³-hybridized carbons (Fsp3) is 0.400. The minimum absolute atomic E-state index is 0.0673. The van der Waals surface area contributed by atoms with Crippen LogP contribution in [0.15, 0.2) is 66.7 Å². The zero-order valence-electron chi connectivity index (χ0n) is 20.5. The van der Waals surface area contributed by atoms with Crippen LogP contribution in [0.2, 0.25) is 0 Å². The van der Waals surface area contributed by atoms with Crippen LogP contribution in [0.3, 0.4) is 0 Å². The molecule has 2 heterocycles. The molecular formula is C30H28N2O5. The van der Waals surface area contributed by atoms with Crippen LogP contribution < -0.4 is 9.64 Å². The van der Waals surface area contributed by atoms with Gasteiger partial charge in [0.05, 0.1) is 29.5 Å². The van der Waals surface area contributed by atoms with Crippen LogP contribution in [0.4, 0.5) is 5.69 Å². The van der Waals surface area contributed by atoms with Gasteiger partial charge in [0, 0.05) is 13.0 Å². The van der Waals surface area contributed by atoms with Gasteiger partial charge < -0.3 is 9.64 Å². The molecule has 2 aliphatic heterocycles. The second-order valence-electron chi connectivity index (χ2n) is 11.1. The Balaban J connectivity index is 1.02. The minimum Gasteiger partial charge on any atom is -0.426 e. The van der Waals surface area contributed by atoms with E-state index < -0.39 is 11.9 Å². The highest BCUT2D eigenvalue weighted by Crippen LogP contribution is 2.65. The lowest BCUT2D eigenvalue weighted by molar-refractivity contribution is -0.139. The molecule has 0 unspecified atom stereocenters. The molecule has 6 aliphatic rings. The Morgan fingerprint density at radius 1 is 0.892 bits per heavy atom. The fourth-order valence-corrected chi connectivity index (χ4v) is 7.25. The summed E-state index contributed by atoms with van der Waals surface area (Å²) in [6.07, 6.45) is 5.57. The maximum Gasteiger partial charge on any atom is 0.316 e. The number of esters is 1. The van der Waals surface area contributed by atoms with E-state index in [0.29, 0.717) is 29.8 Å². The third kappa shape index (κ3) is 3.40. The second kappa shape index (κ2) is 8.13. The number of carbonyl (C=O) groups is 4. The maximum absolute atomic E-state index is 13.3. The molecule has 8 atom stereocenters. The van der Waals surface area contributed by atoms with E-state index >= 15 is 0 Å². The highest BCUT2D eigenvalue weighted by Gasteiger charge is 2.67. The van der Waals surface area contributed by atoms with Gasteiger partial charge in [0.25, 0.3) is 0 Å². The highest BCUT2D eigenvalue weighted by molar-refractivity contribution is 6.22. The molecule has 0 spiro atoms. The molecule has 2 bridgehead atoms. The molecule has 4 fully saturated rings. The van der Waals surface area contributed by atoms with Gasteiger partial charge >= 0.3 is 5.97 Å². The first-order valence-electron chi connectivity index (χ1n) is 13.1. The summed E-state index contributed by atoms with van der Waals surface area (Å²) in [5, 5.41) is 0. The molecule has 8 rings (SSSR count). The van der Waals surface area contributed by atoms with Crippen molar-refractivity contribution in [3.05, 3.63) is 72.3 Å². The van der Waals surface area contributed by atoms with Crippen molar-refractivity contribution in [3.63, 3.8) is 0 Å². The predicted molar refractivity (Wildman–Crippen MR) is 134 cm³/mol. The average Bonchev–Trinajstić information content (AvgIpc) is 3.60. The Labute approximate surface area is 215 Å². The van der Waals surface area contributed by atoms with E-state index in [2.05, 4.69) is 12.2 Å². The van der Waals surface area contributed by atoms with Gasteiger partial charge in [0.15, 0.2) is 0 Å². The number of amides is 3. The van der Waals surface area contributed by atoms with Gasteiger partial charge in [-0.15, -0.1) is 0 Å². The number of nitrogens with zero attached hydrogens (tertiary/aromatic N) is 2.